The summed E-state index contributed by atoms with van der Waals surface area (Å²) in [6.45, 7) is 2.97. The summed E-state index contributed by atoms with van der Waals surface area (Å²) < 4.78 is 5.74. The normalized spacial score (nSPS) is 11.2. The molecule has 1 aromatic heterocycles. The van der Waals surface area contributed by atoms with Crippen molar-refractivity contribution in [1.29, 1.82) is 0 Å². The zero-order valence-corrected chi connectivity index (χ0v) is 14.7. The van der Waals surface area contributed by atoms with Gasteiger partial charge in [0, 0.05) is 18.0 Å². The second kappa shape index (κ2) is 8.67. The van der Waals surface area contributed by atoms with Crippen LogP contribution in [0.2, 0.25) is 0 Å². The van der Waals surface area contributed by atoms with Crippen molar-refractivity contribution in [2.75, 3.05) is 5.32 Å². The molecule has 3 aromatic rings. The van der Waals surface area contributed by atoms with Gasteiger partial charge in [-0.1, -0.05) is 42.5 Å². The number of benzene rings is 2. The van der Waals surface area contributed by atoms with Gasteiger partial charge in [-0.25, -0.2) is 9.98 Å². The average Bonchev–Trinajstić information content (AvgIpc) is 2.66. The van der Waals surface area contributed by atoms with Gasteiger partial charge in [0.25, 0.3) is 0 Å². The number of nitrogens with zero attached hydrogens (tertiary/aromatic N) is 2. The van der Waals surface area contributed by atoms with Crippen LogP contribution in [-0.4, -0.2) is 10.9 Å². The molecule has 132 valence electrons. The Morgan fingerprint density at radius 1 is 1.04 bits per heavy atom. The molecule has 0 unspecified atom stereocenters. The van der Waals surface area contributed by atoms with E-state index in [0.717, 1.165) is 22.4 Å². The highest BCUT2D eigenvalue weighted by atomic mass is 16.5. The van der Waals surface area contributed by atoms with E-state index in [2.05, 4.69) is 15.3 Å². The van der Waals surface area contributed by atoms with Gasteiger partial charge in [0.15, 0.2) is 5.96 Å². The van der Waals surface area contributed by atoms with Gasteiger partial charge in [0.05, 0.1) is 6.54 Å². The fraction of sp³-hybridized carbons (Fsp3) is 0.143. The molecule has 0 bridgehead atoms. The molecule has 0 radical (unpaired) electrons. The first-order chi connectivity index (χ1) is 12.7. The van der Waals surface area contributed by atoms with Gasteiger partial charge < -0.3 is 15.8 Å². The minimum atomic E-state index is 0.374. The molecule has 0 spiro atoms. The van der Waals surface area contributed by atoms with Crippen LogP contribution in [0, 0.1) is 6.92 Å². The second-order valence-corrected chi connectivity index (χ2v) is 5.97. The van der Waals surface area contributed by atoms with Crippen LogP contribution in [0.1, 0.15) is 16.7 Å². The lowest BCUT2D eigenvalue weighted by Gasteiger charge is -2.08. The molecule has 2 aromatic carbocycles. The van der Waals surface area contributed by atoms with E-state index >= 15 is 0 Å². The zero-order chi connectivity index (χ0) is 18.2. The second-order valence-electron chi connectivity index (χ2n) is 5.97. The number of rotatable bonds is 6. The molecule has 0 atom stereocenters. The number of aromatic nitrogens is 1. The van der Waals surface area contributed by atoms with Gasteiger partial charge in [-0.15, -0.1) is 0 Å². The summed E-state index contributed by atoms with van der Waals surface area (Å²) in [5, 5.41) is 3.10. The number of nitrogens with two attached hydrogens (primary N) is 1. The van der Waals surface area contributed by atoms with Crippen molar-refractivity contribution < 1.29 is 4.74 Å². The van der Waals surface area contributed by atoms with Crippen LogP contribution < -0.4 is 15.8 Å². The van der Waals surface area contributed by atoms with Crippen molar-refractivity contribution in [1.82, 2.24) is 4.98 Å². The van der Waals surface area contributed by atoms with E-state index in [-0.39, 0.29) is 0 Å². The monoisotopic (exact) mass is 346 g/mol. The summed E-state index contributed by atoms with van der Waals surface area (Å²) in [6.07, 6.45) is 1.72. The quantitative estimate of drug-likeness (QED) is 0.524. The standard InChI is InChI=1S/C21H22N4O/c1-16-6-5-9-19(12-16)25-21(22)24-14-18-10-11-23-20(13-18)26-15-17-7-3-2-4-8-17/h2-13H,14-15H2,1H3,(H3,22,24,25). The molecule has 5 heteroatoms. The fourth-order valence-corrected chi connectivity index (χ4v) is 2.45. The zero-order valence-electron chi connectivity index (χ0n) is 14.7. The van der Waals surface area contributed by atoms with Crippen molar-refractivity contribution in [3.05, 3.63) is 89.6 Å². The predicted octanol–water partition coefficient (Wildman–Crippen LogP) is 3.90. The minimum absolute atomic E-state index is 0.374. The molecule has 0 fully saturated rings. The first-order valence-corrected chi connectivity index (χ1v) is 8.44. The average molecular weight is 346 g/mol. The summed E-state index contributed by atoms with van der Waals surface area (Å²) in [6, 6.07) is 21.8. The summed E-state index contributed by atoms with van der Waals surface area (Å²) in [5.74, 6) is 0.950. The number of guanidine groups is 1. The van der Waals surface area contributed by atoms with E-state index in [1.54, 1.807) is 6.20 Å². The molecular weight excluding hydrogens is 324 g/mol. The summed E-state index contributed by atoms with van der Waals surface area (Å²) in [4.78, 5) is 8.62. The number of hydrogen-bond acceptors (Lipinski definition) is 3. The van der Waals surface area contributed by atoms with Gasteiger partial charge in [0.1, 0.15) is 6.61 Å². The van der Waals surface area contributed by atoms with Crippen molar-refractivity contribution in [2.45, 2.75) is 20.1 Å². The number of nitrogens with one attached hydrogen (secondary N) is 1. The number of hydrogen-bond donors (Lipinski definition) is 2. The van der Waals surface area contributed by atoms with Gasteiger partial charge in [0.2, 0.25) is 5.88 Å². The Labute approximate surface area is 153 Å². The van der Waals surface area contributed by atoms with E-state index < -0.39 is 0 Å². The van der Waals surface area contributed by atoms with E-state index in [1.807, 2.05) is 73.7 Å². The lowest BCUT2D eigenvalue weighted by Crippen LogP contribution is -2.22. The summed E-state index contributed by atoms with van der Waals surface area (Å²) in [7, 11) is 0. The molecule has 0 amide bonds. The van der Waals surface area contributed by atoms with Gasteiger partial charge >= 0.3 is 0 Å². The number of anilines is 1. The molecule has 0 aliphatic heterocycles. The van der Waals surface area contributed by atoms with E-state index in [0.29, 0.717) is 25.0 Å². The maximum Gasteiger partial charge on any atom is 0.213 e. The number of ether oxygens (including phenoxy) is 1. The number of pyridine rings is 1. The van der Waals surface area contributed by atoms with E-state index in [9.17, 15) is 0 Å². The highest BCUT2D eigenvalue weighted by molar-refractivity contribution is 5.92. The third-order valence-corrected chi connectivity index (χ3v) is 3.75. The van der Waals surface area contributed by atoms with Crippen LogP contribution in [-0.2, 0) is 13.2 Å². The van der Waals surface area contributed by atoms with Gasteiger partial charge in [-0.05, 0) is 41.8 Å². The Balaban J connectivity index is 1.57. The van der Waals surface area contributed by atoms with Gasteiger partial charge in [-0.2, -0.15) is 0 Å². The van der Waals surface area contributed by atoms with Crippen LogP contribution in [0.4, 0.5) is 5.69 Å². The minimum Gasteiger partial charge on any atom is -0.473 e. The Morgan fingerprint density at radius 2 is 1.88 bits per heavy atom. The Kier molecular flexibility index (Phi) is 5.83. The molecule has 1 heterocycles. The van der Waals surface area contributed by atoms with Crippen molar-refractivity contribution in [3.8, 4) is 5.88 Å². The first kappa shape index (κ1) is 17.5. The molecular formula is C21H22N4O. The molecule has 0 saturated heterocycles. The molecule has 3 rings (SSSR count). The SMILES string of the molecule is Cc1cccc(NC(N)=NCc2ccnc(OCc3ccccc3)c2)c1. The number of aryl methyl sites for hydroxylation is 1. The summed E-state index contributed by atoms with van der Waals surface area (Å²) >= 11 is 0. The van der Waals surface area contributed by atoms with Crippen molar-refractivity contribution in [2.24, 2.45) is 10.7 Å². The van der Waals surface area contributed by atoms with Crippen LogP contribution in [0.25, 0.3) is 0 Å². The highest BCUT2D eigenvalue weighted by Gasteiger charge is 2.01. The molecule has 26 heavy (non-hydrogen) atoms. The molecule has 5 nitrogen and oxygen atoms in total. The maximum absolute atomic E-state index is 5.97. The van der Waals surface area contributed by atoms with Crippen LogP contribution >= 0.6 is 0 Å². The largest absolute Gasteiger partial charge is 0.473 e. The topological polar surface area (TPSA) is 72.5 Å². The third-order valence-electron chi connectivity index (χ3n) is 3.75. The molecule has 0 saturated carbocycles. The van der Waals surface area contributed by atoms with Crippen molar-refractivity contribution in [3.63, 3.8) is 0 Å². The van der Waals surface area contributed by atoms with Crippen LogP contribution in [0.3, 0.4) is 0 Å². The molecule has 0 aliphatic carbocycles. The highest BCUT2D eigenvalue weighted by Crippen LogP contribution is 2.13. The maximum atomic E-state index is 5.97. The van der Waals surface area contributed by atoms with E-state index in [4.69, 9.17) is 10.5 Å². The van der Waals surface area contributed by atoms with Crippen LogP contribution in [0.5, 0.6) is 5.88 Å². The predicted molar refractivity (Wildman–Crippen MR) is 105 cm³/mol. The van der Waals surface area contributed by atoms with Crippen molar-refractivity contribution >= 4 is 11.6 Å². The Hall–Kier alpha value is -3.34. The molecule has 3 N–H and O–H groups in total. The Bertz CT molecular complexity index is 878. The van der Waals surface area contributed by atoms with Crippen LogP contribution in [0.15, 0.2) is 77.9 Å². The fourth-order valence-electron chi connectivity index (χ4n) is 2.45. The third kappa shape index (κ3) is 5.34. The smallest absolute Gasteiger partial charge is 0.213 e. The molecule has 0 aliphatic rings. The number of aliphatic imine (C=N–C) groups is 1. The van der Waals surface area contributed by atoms with Gasteiger partial charge in [-0.3, -0.25) is 0 Å². The van der Waals surface area contributed by atoms with E-state index in [1.165, 1.54) is 0 Å². The first-order valence-electron chi connectivity index (χ1n) is 8.44. The Morgan fingerprint density at radius 3 is 2.69 bits per heavy atom. The summed E-state index contributed by atoms with van der Waals surface area (Å²) in [5.41, 5.74) is 10.1. The lowest BCUT2D eigenvalue weighted by atomic mass is 10.2. The lowest BCUT2D eigenvalue weighted by molar-refractivity contribution is 0.293.